The molecule has 0 aliphatic heterocycles. The predicted molar refractivity (Wildman–Crippen MR) is 49.7 cm³/mol. The summed E-state index contributed by atoms with van der Waals surface area (Å²) < 4.78 is 0. The molecule has 0 radical (unpaired) electrons. The molecule has 1 aromatic carbocycles. The van der Waals surface area contributed by atoms with Crippen LogP contribution in [0.4, 0.5) is 5.69 Å². The van der Waals surface area contributed by atoms with E-state index < -0.39 is 0 Å². The monoisotopic (exact) mass is 160 g/mol. The van der Waals surface area contributed by atoms with Gasteiger partial charge in [0.2, 0.25) is 0 Å². The molecular weight excluding hydrogens is 148 g/mol. The summed E-state index contributed by atoms with van der Waals surface area (Å²) in [5.74, 6) is 0. The molecule has 0 spiro atoms. The van der Waals surface area contributed by atoms with E-state index in [0.29, 0.717) is 0 Å². The third-order valence-corrected chi connectivity index (χ3v) is 1.73. The standard InChI is InChI=1S/C10H12N2/c1-2-5-9-6-3-4-7-10(9)12-8-11/h3-4,6-7,12H,2,5H2,1H3. The summed E-state index contributed by atoms with van der Waals surface area (Å²) in [6.07, 6.45) is 4.05. The highest BCUT2D eigenvalue weighted by Crippen LogP contribution is 2.15. The molecule has 0 bridgehead atoms. The van der Waals surface area contributed by atoms with Crippen molar-refractivity contribution in [2.75, 3.05) is 5.32 Å². The SMILES string of the molecule is CCCc1ccccc1NC#N. The minimum absolute atomic E-state index is 0.932. The van der Waals surface area contributed by atoms with Crippen molar-refractivity contribution in [2.45, 2.75) is 19.8 Å². The lowest BCUT2D eigenvalue weighted by Crippen LogP contribution is -1.93. The average molecular weight is 160 g/mol. The summed E-state index contributed by atoms with van der Waals surface area (Å²) >= 11 is 0. The summed E-state index contributed by atoms with van der Waals surface area (Å²) in [6.45, 7) is 2.13. The second-order valence-electron chi connectivity index (χ2n) is 2.64. The molecular formula is C10H12N2. The molecule has 0 heterocycles. The van der Waals surface area contributed by atoms with Crippen molar-refractivity contribution >= 4 is 5.69 Å². The zero-order valence-electron chi connectivity index (χ0n) is 7.17. The Bertz CT molecular complexity index is 286. The van der Waals surface area contributed by atoms with Gasteiger partial charge in [-0.15, -0.1) is 0 Å². The van der Waals surface area contributed by atoms with Gasteiger partial charge >= 0.3 is 0 Å². The molecule has 0 unspecified atom stereocenters. The minimum atomic E-state index is 0.932. The fourth-order valence-corrected chi connectivity index (χ4v) is 1.19. The first-order valence-corrected chi connectivity index (χ1v) is 4.11. The number of hydrogen-bond donors (Lipinski definition) is 1. The van der Waals surface area contributed by atoms with E-state index in [-0.39, 0.29) is 0 Å². The Labute approximate surface area is 72.8 Å². The van der Waals surface area contributed by atoms with Gasteiger partial charge in [-0.05, 0) is 18.1 Å². The van der Waals surface area contributed by atoms with Gasteiger partial charge in [-0.3, -0.25) is 5.32 Å². The molecule has 2 nitrogen and oxygen atoms in total. The molecule has 0 atom stereocenters. The average Bonchev–Trinajstić information content (AvgIpc) is 2.09. The lowest BCUT2D eigenvalue weighted by molar-refractivity contribution is 0.923. The van der Waals surface area contributed by atoms with Crippen LogP contribution in [-0.4, -0.2) is 0 Å². The number of hydrogen-bond acceptors (Lipinski definition) is 2. The summed E-state index contributed by atoms with van der Waals surface area (Å²) in [5.41, 5.74) is 2.14. The smallest absolute Gasteiger partial charge is 0.181 e. The summed E-state index contributed by atoms with van der Waals surface area (Å²) in [4.78, 5) is 0. The van der Waals surface area contributed by atoms with E-state index in [1.807, 2.05) is 30.5 Å². The minimum Gasteiger partial charge on any atom is -0.293 e. The number of nitriles is 1. The molecule has 12 heavy (non-hydrogen) atoms. The highest BCUT2D eigenvalue weighted by Gasteiger charge is 1.97. The van der Waals surface area contributed by atoms with Crippen LogP contribution < -0.4 is 5.32 Å². The fourth-order valence-electron chi connectivity index (χ4n) is 1.19. The van der Waals surface area contributed by atoms with Crippen LogP contribution >= 0.6 is 0 Å². The lowest BCUT2D eigenvalue weighted by atomic mass is 10.1. The second kappa shape index (κ2) is 4.40. The molecule has 1 aromatic rings. The molecule has 0 aromatic heterocycles. The summed E-state index contributed by atoms with van der Waals surface area (Å²) in [6, 6.07) is 7.89. The van der Waals surface area contributed by atoms with Crippen LogP contribution in [-0.2, 0) is 6.42 Å². The van der Waals surface area contributed by atoms with Crippen LogP contribution in [0.3, 0.4) is 0 Å². The molecule has 0 saturated carbocycles. The van der Waals surface area contributed by atoms with Gasteiger partial charge in [0.15, 0.2) is 6.19 Å². The Morgan fingerprint density at radius 3 is 2.83 bits per heavy atom. The topological polar surface area (TPSA) is 35.8 Å². The fraction of sp³-hybridized carbons (Fsp3) is 0.300. The number of rotatable bonds is 3. The van der Waals surface area contributed by atoms with E-state index in [1.54, 1.807) is 0 Å². The van der Waals surface area contributed by atoms with Crippen molar-refractivity contribution in [1.29, 1.82) is 5.26 Å². The number of aryl methyl sites for hydroxylation is 1. The van der Waals surface area contributed by atoms with Crippen molar-refractivity contribution < 1.29 is 0 Å². The van der Waals surface area contributed by atoms with Crippen molar-refractivity contribution in [3.63, 3.8) is 0 Å². The van der Waals surface area contributed by atoms with E-state index in [9.17, 15) is 0 Å². The van der Waals surface area contributed by atoms with Crippen LogP contribution in [0.2, 0.25) is 0 Å². The van der Waals surface area contributed by atoms with Crippen molar-refractivity contribution in [3.05, 3.63) is 29.8 Å². The second-order valence-corrected chi connectivity index (χ2v) is 2.64. The van der Waals surface area contributed by atoms with Gasteiger partial charge in [0.1, 0.15) is 0 Å². The van der Waals surface area contributed by atoms with E-state index in [4.69, 9.17) is 5.26 Å². The molecule has 0 fully saturated rings. The van der Waals surface area contributed by atoms with Gasteiger partial charge in [-0.25, -0.2) is 0 Å². The quantitative estimate of drug-likeness (QED) is 0.544. The number of nitrogens with zero attached hydrogens (tertiary/aromatic N) is 1. The highest BCUT2D eigenvalue weighted by molar-refractivity contribution is 5.53. The first kappa shape index (κ1) is 8.61. The Balaban J connectivity index is 2.85. The number of benzene rings is 1. The van der Waals surface area contributed by atoms with E-state index >= 15 is 0 Å². The largest absolute Gasteiger partial charge is 0.293 e. The third-order valence-electron chi connectivity index (χ3n) is 1.73. The number of para-hydroxylation sites is 1. The highest BCUT2D eigenvalue weighted by atomic mass is 14.9. The predicted octanol–water partition coefficient (Wildman–Crippen LogP) is 2.53. The van der Waals surface area contributed by atoms with Crippen LogP contribution in [0, 0.1) is 11.5 Å². The van der Waals surface area contributed by atoms with E-state index in [0.717, 1.165) is 18.5 Å². The van der Waals surface area contributed by atoms with Gasteiger partial charge in [0.05, 0.1) is 5.69 Å². The number of nitrogens with one attached hydrogen (secondary N) is 1. The molecule has 1 N–H and O–H groups in total. The molecule has 1 rings (SSSR count). The van der Waals surface area contributed by atoms with Crippen LogP contribution in [0.5, 0.6) is 0 Å². The maximum atomic E-state index is 8.45. The zero-order chi connectivity index (χ0) is 8.81. The van der Waals surface area contributed by atoms with Gasteiger partial charge < -0.3 is 0 Å². The van der Waals surface area contributed by atoms with Crippen molar-refractivity contribution in [3.8, 4) is 6.19 Å². The van der Waals surface area contributed by atoms with Gasteiger partial charge in [-0.2, -0.15) is 5.26 Å². The zero-order valence-corrected chi connectivity index (χ0v) is 7.17. The summed E-state index contributed by atoms with van der Waals surface area (Å²) in [7, 11) is 0. The normalized spacial score (nSPS) is 9.00. The molecule has 0 aliphatic carbocycles. The first-order chi connectivity index (χ1) is 5.88. The van der Waals surface area contributed by atoms with Gasteiger partial charge in [-0.1, -0.05) is 31.5 Å². The first-order valence-electron chi connectivity index (χ1n) is 4.11. The van der Waals surface area contributed by atoms with Crippen LogP contribution in [0.25, 0.3) is 0 Å². The third kappa shape index (κ3) is 2.00. The Hall–Kier alpha value is -1.49. The van der Waals surface area contributed by atoms with E-state index in [2.05, 4.69) is 12.2 Å². The Morgan fingerprint density at radius 2 is 2.17 bits per heavy atom. The van der Waals surface area contributed by atoms with Crippen molar-refractivity contribution in [2.24, 2.45) is 0 Å². The molecule has 62 valence electrons. The molecule has 0 amide bonds. The van der Waals surface area contributed by atoms with E-state index in [1.165, 1.54) is 5.56 Å². The van der Waals surface area contributed by atoms with Crippen LogP contribution in [0.15, 0.2) is 24.3 Å². The maximum absolute atomic E-state index is 8.45. The number of anilines is 1. The molecule has 0 aliphatic rings. The summed E-state index contributed by atoms with van der Waals surface area (Å²) in [5, 5.41) is 11.1. The lowest BCUT2D eigenvalue weighted by Gasteiger charge is -2.04. The van der Waals surface area contributed by atoms with Crippen molar-refractivity contribution in [1.82, 2.24) is 0 Å². The molecule has 0 saturated heterocycles. The Kier molecular flexibility index (Phi) is 3.16. The Morgan fingerprint density at radius 1 is 1.42 bits per heavy atom. The molecule has 2 heteroatoms. The van der Waals surface area contributed by atoms with Crippen LogP contribution in [0.1, 0.15) is 18.9 Å². The van der Waals surface area contributed by atoms with Gasteiger partial charge in [0, 0.05) is 0 Å². The van der Waals surface area contributed by atoms with Gasteiger partial charge in [0.25, 0.3) is 0 Å². The maximum Gasteiger partial charge on any atom is 0.181 e.